The fraction of sp³-hybridized carbons (Fsp3) is 0. The lowest BCUT2D eigenvalue weighted by molar-refractivity contribution is 0.666. The monoisotopic (exact) mass is 703 g/mol. The van der Waals surface area contributed by atoms with Gasteiger partial charge in [0.1, 0.15) is 22.3 Å². The molecule has 0 atom stereocenters. The molecule has 2 aromatic heterocycles. The molecule has 0 radical (unpaired) electrons. The number of rotatable bonds is 6. The number of para-hydroxylation sites is 2. The second kappa shape index (κ2) is 12.6. The molecule has 0 bridgehead atoms. The van der Waals surface area contributed by atoms with Gasteiger partial charge in [0.2, 0.25) is 0 Å². The van der Waals surface area contributed by atoms with Gasteiger partial charge >= 0.3 is 0 Å². The van der Waals surface area contributed by atoms with E-state index in [1.165, 1.54) is 16.7 Å². The Morgan fingerprint density at radius 3 is 1.78 bits per heavy atom. The van der Waals surface area contributed by atoms with E-state index < -0.39 is 0 Å². The van der Waals surface area contributed by atoms with E-state index in [1.54, 1.807) is 0 Å². The zero-order valence-electron chi connectivity index (χ0n) is 29.8. The fourth-order valence-electron chi connectivity index (χ4n) is 8.26. The smallest absolute Gasteiger partial charge is 0.145 e. The lowest BCUT2D eigenvalue weighted by Crippen LogP contribution is -2.10. The SMILES string of the molecule is c1ccc(-c2ccc(N(c3cccc(-c4ccccc4)c3)c3ccc(-c4cccc5c4oc4ccccc45)c4oc5c6ccccc6ccc5c34)cc2)cc1. The van der Waals surface area contributed by atoms with E-state index in [9.17, 15) is 0 Å². The van der Waals surface area contributed by atoms with Crippen LogP contribution in [0.1, 0.15) is 0 Å². The summed E-state index contributed by atoms with van der Waals surface area (Å²) in [6, 6.07) is 70.8. The van der Waals surface area contributed by atoms with Crippen LogP contribution in [0.15, 0.2) is 209 Å². The third-order valence-corrected chi connectivity index (χ3v) is 10.9. The third kappa shape index (κ3) is 5.13. The Morgan fingerprint density at radius 2 is 0.964 bits per heavy atom. The summed E-state index contributed by atoms with van der Waals surface area (Å²) in [4.78, 5) is 2.37. The number of fused-ring (bicyclic) bond motifs is 8. The number of benzene rings is 9. The number of hydrogen-bond acceptors (Lipinski definition) is 3. The van der Waals surface area contributed by atoms with E-state index in [0.717, 1.165) is 88.4 Å². The molecule has 0 fully saturated rings. The first-order valence-electron chi connectivity index (χ1n) is 18.7. The Bertz CT molecular complexity index is 3190. The van der Waals surface area contributed by atoms with Crippen LogP contribution in [0, 0.1) is 0 Å². The number of nitrogens with zero attached hydrogens (tertiary/aromatic N) is 1. The molecule has 11 aromatic rings. The minimum Gasteiger partial charge on any atom is -0.455 e. The Labute approximate surface area is 317 Å². The minimum absolute atomic E-state index is 0.821. The Kier molecular flexibility index (Phi) is 7.17. The Balaban J connectivity index is 1.21. The van der Waals surface area contributed by atoms with Crippen molar-refractivity contribution in [3.8, 4) is 33.4 Å². The zero-order chi connectivity index (χ0) is 36.3. The highest BCUT2D eigenvalue weighted by molar-refractivity contribution is 6.23. The predicted molar refractivity (Wildman–Crippen MR) is 229 cm³/mol. The molecular weight excluding hydrogens is 671 g/mol. The Morgan fingerprint density at radius 1 is 0.327 bits per heavy atom. The lowest BCUT2D eigenvalue weighted by Gasteiger charge is -2.27. The first kappa shape index (κ1) is 31.2. The molecule has 55 heavy (non-hydrogen) atoms. The number of furan rings is 2. The van der Waals surface area contributed by atoms with Gasteiger partial charge in [-0.15, -0.1) is 0 Å². The maximum atomic E-state index is 7.14. The van der Waals surface area contributed by atoms with Crippen LogP contribution >= 0.6 is 0 Å². The van der Waals surface area contributed by atoms with Crippen molar-refractivity contribution in [2.75, 3.05) is 4.90 Å². The van der Waals surface area contributed by atoms with Crippen LogP contribution in [0.4, 0.5) is 17.1 Å². The first-order chi connectivity index (χ1) is 27.3. The van der Waals surface area contributed by atoms with E-state index >= 15 is 0 Å². The largest absolute Gasteiger partial charge is 0.455 e. The van der Waals surface area contributed by atoms with Gasteiger partial charge in [-0.1, -0.05) is 152 Å². The van der Waals surface area contributed by atoms with Gasteiger partial charge in [-0.25, -0.2) is 0 Å². The molecule has 0 aliphatic carbocycles. The van der Waals surface area contributed by atoms with Crippen LogP contribution < -0.4 is 4.90 Å². The maximum absolute atomic E-state index is 7.14. The van der Waals surface area contributed by atoms with Crippen molar-refractivity contribution in [1.82, 2.24) is 0 Å². The quantitative estimate of drug-likeness (QED) is 0.173. The van der Waals surface area contributed by atoms with E-state index in [4.69, 9.17) is 8.83 Å². The Hall–Kier alpha value is -7.36. The van der Waals surface area contributed by atoms with Gasteiger partial charge in [-0.05, 0) is 76.2 Å². The van der Waals surface area contributed by atoms with Crippen LogP contribution in [0.5, 0.6) is 0 Å². The van der Waals surface area contributed by atoms with Gasteiger partial charge in [0.25, 0.3) is 0 Å². The van der Waals surface area contributed by atoms with E-state index in [-0.39, 0.29) is 0 Å². The average molecular weight is 704 g/mol. The summed E-state index contributed by atoms with van der Waals surface area (Å²) in [6.45, 7) is 0. The normalized spacial score (nSPS) is 11.6. The van der Waals surface area contributed by atoms with E-state index in [2.05, 4.69) is 193 Å². The summed E-state index contributed by atoms with van der Waals surface area (Å²) in [5, 5.41) is 6.52. The molecule has 0 N–H and O–H groups in total. The summed E-state index contributed by atoms with van der Waals surface area (Å²) in [5.74, 6) is 0. The standard InChI is InChI=1S/C52H33NO2/c1-3-13-34(14-4-1)36-25-28-39(29-26-36)53(40-19-11-18-38(33-40)35-15-5-2-6-16-35)47-32-31-45(44-23-12-22-43-42-21-9-10-24-48(42)54-51(43)44)52-49(47)46-30-27-37-17-7-8-20-41(37)50(46)55-52/h1-33H. The molecule has 0 saturated carbocycles. The molecule has 0 aliphatic heterocycles. The summed E-state index contributed by atoms with van der Waals surface area (Å²) in [6.07, 6.45) is 0. The van der Waals surface area contributed by atoms with Gasteiger partial charge in [0.05, 0.1) is 11.1 Å². The van der Waals surface area contributed by atoms with Crippen molar-refractivity contribution in [3.05, 3.63) is 200 Å². The number of anilines is 3. The van der Waals surface area contributed by atoms with Crippen molar-refractivity contribution < 1.29 is 8.83 Å². The fourth-order valence-corrected chi connectivity index (χ4v) is 8.26. The third-order valence-electron chi connectivity index (χ3n) is 10.9. The van der Waals surface area contributed by atoms with Crippen molar-refractivity contribution in [3.63, 3.8) is 0 Å². The highest BCUT2D eigenvalue weighted by Gasteiger charge is 2.25. The molecule has 0 amide bonds. The summed E-state index contributed by atoms with van der Waals surface area (Å²) >= 11 is 0. The van der Waals surface area contributed by atoms with E-state index in [0.29, 0.717) is 0 Å². The van der Waals surface area contributed by atoms with Crippen LogP contribution in [0.3, 0.4) is 0 Å². The van der Waals surface area contributed by atoms with Gasteiger partial charge in [0.15, 0.2) is 0 Å². The second-order valence-corrected chi connectivity index (χ2v) is 14.0. The van der Waals surface area contributed by atoms with Crippen LogP contribution in [-0.2, 0) is 0 Å². The van der Waals surface area contributed by atoms with Gasteiger partial charge in [-0.3, -0.25) is 0 Å². The molecule has 11 rings (SSSR count). The highest BCUT2D eigenvalue weighted by Crippen LogP contribution is 2.49. The molecule has 2 heterocycles. The molecule has 258 valence electrons. The van der Waals surface area contributed by atoms with Gasteiger partial charge in [-0.2, -0.15) is 0 Å². The molecule has 9 aromatic carbocycles. The van der Waals surface area contributed by atoms with Crippen molar-refractivity contribution >= 4 is 71.7 Å². The predicted octanol–water partition coefficient (Wildman–Crippen LogP) is 15.1. The van der Waals surface area contributed by atoms with Crippen molar-refractivity contribution in [2.45, 2.75) is 0 Å². The maximum Gasteiger partial charge on any atom is 0.145 e. The van der Waals surface area contributed by atoms with Gasteiger partial charge in [0, 0.05) is 44.0 Å². The first-order valence-corrected chi connectivity index (χ1v) is 18.7. The molecule has 3 nitrogen and oxygen atoms in total. The van der Waals surface area contributed by atoms with E-state index in [1.807, 2.05) is 12.1 Å². The molecule has 0 saturated heterocycles. The summed E-state index contributed by atoms with van der Waals surface area (Å²) in [7, 11) is 0. The van der Waals surface area contributed by atoms with Crippen LogP contribution in [-0.4, -0.2) is 0 Å². The molecule has 0 spiro atoms. The van der Waals surface area contributed by atoms with Gasteiger partial charge < -0.3 is 13.7 Å². The topological polar surface area (TPSA) is 29.5 Å². The molecule has 0 unspecified atom stereocenters. The zero-order valence-corrected chi connectivity index (χ0v) is 29.8. The van der Waals surface area contributed by atoms with Crippen LogP contribution in [0.2, 0.25) is 0 Å². The van der Waals surface area contributed by atoms with Crippen molar-refractivity contribution in [1.29, 1.82) is 0 Å². The molecular formula is C52H33NO2. The second-order valence-electron chi connectivity index (χ2n) is 14.0. The number of hydrogen-bond donors (Lipinski definition) is 0. The average Bonchev–Trinajstić information content (AvgIpc) is 3.85. The summed E-state index contributed by atoms with van der Waals surface area (Å²) < 4.78 is 13.7. The molecule has 0 aliphatic rings. The lowest BCUT2D eigenvalue weighted by atomic mass is 9.97. The van der Waals surface area contributed by atoms with Crippen LogP contribution in [0.25, 0.3) is 88.0 Å². The highest BCUT2D eigenvalue weighted by atomic mass is 16.3. The molecule has 3 heteroatoms. The summed E-state index contributed by atoms with van der Waals surface area (Å²) in [5.41, 5.74) is 13.2. The van der Waals surface area contributed by atoms with Crippen molar-refractivity contribution in [2.24, 2.45) is 0 Å². The minimum atomic E-state index is 0.821.